The quantitative estimate of drug-likeness (QED) is 0.885. The Kier molecular flexibility index (Phi) is 4.53. The fourth-order valence-electron chi connectivity index (χ4n) is 2.50. The Labute approximate surface area is 114 Å². The van der Waals surface area contributed by atoms with Crippen LogP contribution in [0.2, 0.25) is 0 Å². The van der Waals surface area contributed by atoms with Gasteiger partial charge in [-0.15, -0.1) is 0 Å². The Balaban J connectivity index is 1.99. The minimum Gasteiger partial charge on any atom is -0.351 e. The highest BCUT2D eigenvalue weighted by Gasteiger charge is 2.32. The van der Waals surface area contributed by atoms with Crippen LogP contribution in [0.4, 0.5) is 0 Å². The molecule has 1 aromatic carbocycles. The van der Waals surface area contributed by atoms with Gasteiger partial charge in [-0.25, -0.2) is 0 Å². The summed E-state index contributed by atoms with van der Waals surface area (Å²) in [6, 6.07) is 12.2. The predicted molar refractivity (Wildman–Crippen MR) is 73.3 cm³/mol. The first kappa shape index (κ1) is 13.6. The lowest BCUT2D eigenvalue weighted by molar-refractivity contribution is -0.130. The molecule has 2 unspecified atom stereocenters. The second kappa shape index (κ2) is 6.35. The minimum absolute atomic E-state index is 0.0200. The van der Waals surface area contributed by atoms with Gasteiger partial charge in [0.2, 0.25) is 5.91 Å². The molecule has 2 atom stereocenters. The summed E-state index contributed by atoms with van der Waals surface area (Å²) in [5.41, 5.74) is 1.26. The molecule has 0 bridgehead atoms. The van der Waals surface area contributed by atoms with E-state index in [-0.39, 0.29) is 24.4 Å². The Morgan fingerprint density at radius 2 is 2.16 bits per heavy atom. The number of carbonyl (C=O) groups is 1. The van der Waals surface area contributed by atoms with E-state index >= 15 is 0 Å². The van der Waals surface area contributed by atoms with Crippen molar-refractivity contribution in [2.75, 3.05) is 13.1 Å². The van der Waals surface area contributed by atoms with Crippen LogP contribution in [0.15, 0.2) is 30.3 Å². The van der Waals surface area contributed by atoms with E-state index < -0.39 is 0 Å². The van der Waals surface area contributed by atoms with E-state index in [1.165, 1.54) is 5.56 Å². The monoisotopic (exact) mass is 257 g/mol. The van der Waals surface area contributed by atoms with Gasteiger partial charge in [-0.1, -0.05) is 30.3 Å². The number of nitriles is 1. The zero-order valence-electron chi connectivity index (χ0n) is 11.2. The van der Waals surface area contributed by atoms with E-state index in [2.05, 4.69) is 28.4 Å². The summed E-state index contributed by atoms with van der Waals surface area (Å²) in [6.07, 6.45) is 1.16. The molecule has 19 heavy (non-hydrogen) atoms. The molecule has 0 aliphatic carbocycles. The van der Waals surface area contributed by atoms with Crippen LogP contribution in [0.25, 0.3) is 0 Å². The molecule has 4 heteroatoms. The Hall–Kier alpha value is -1.86. The Morgan fingerprint density at radius 3 is 2.84 bits per heavy atom. The van der Waals surface area contributed by atoms with Crippen molar-refractivity contribution in [2.24, 2.45) is 0 Å². The molecule has 0 radical (unpaired) electrons. The number of hydrogen-bond donors (Lipinski definition) is 1. The van der Waals surface area contributed by atoms with Gasteiger partial charge in [0.15, 0.2) is 0 Å². The number of amides is 1. The third-order valence-electron chi connectivity index (χ3n) is 3.46. The molecule has 1 aliphatic rings. The molecule has 4 nitrogen and oxygen atoms in total. The third kappa shape index (κ3) is 3.55. The number of nitrogens with one attached hydrogen (secondary N) is 1. The van der Waals surface area contributed by atoms with Crippen LogP contribution in [0.1, 0.15) is 18.9 Å². The molecule has 1 saturated heterocycles. The maximum atomic E-state index is 11.9. The molecule has 1 fully saturated rings. The van der Waals surface area contributed by atoms with Crippen LogP contribution in [-0.4, -0.2) is 36.0 Å². The lowest BCUT2D eigenvalue weighted by atomic mass is 10.0. The summed E-state index contributed by atoms with van der Waals surface area (Å²) in [6.45, 7) is 3.62. The first-order chi connectivity index (χ1) is 9.20. The molecule has 100 valence electrons. The molecule has 1 aromatic rings. The predicted octanol–water partition coefficient (Wildman–Crippen LogP) is 1.33. The van der Waals surface area contributed by atoms with Gasteiger partial charge in [0, 0.05) is 19.1 Å². The van der Waals surface area contributed by atoms with Gasteiger partial charge >= 0.3 is 0 Å². The van der Waals surface area contributed by atoms with Crippen molar-refractivity contribution < 1.29 is 4.79 Å². The maximum absolute atomic E-state index is 11.9. The lowest BCUT2D eigenvalue weighted by Gasteiger charge is -2.37. The molecule has 0 spiro atoms. The normalized spacial score (nSPS) is 23.7. The standard InChI is InChI=1S/C15H19N3O/c1-12-11-18(14(7-9-16)15(19)17-12)10-8-13-5-3-2-4-6-13/h2-6,12,14H,7-8,10-11H2,1H3,(H,17,19). The molecule has 2 rings (SSSR count). The number of rotatable bonds is 4. The summed E-state index contributed by atoms with van der Waals surface area (Å²) in [5.74, 6) is -0.0200. The van der Waals surface area contributed by atoms with Crippen LogP contribution >= 0.6 is 0 Å². The second-order valence-corrected chi connectivity index (χ2v) is 5.02. The van der Waals surface area contributed by atoms with Gasteiger partial charge in [0.25, 0.3) is 0 Å². The minimum atomic E-state index is -0.301. The van der Waals surface area contributed by atoms with Crippen LogP contribution in [0.3, 0.4) is 0 Å². The Morgan fingerprint density at radius 1 is 1.42 bits per heavy atom. The van der Waals surface area contributed by atoms with Crippen molar-refractivity contribution in [3.63, 3.8) is 0 Å². The number of piperazine rings is 1. The number of hydrogen-bond acceptors (Lipinski definition) is 3. The zero-order valence-corrected chi connectivity index (χ0v) is 11.2. The maximum Gasteiger partial charge on any atom is 0.238 e. The lowest BCUT2D eigenvalue weighted by Crippen LogP contribution is -2.59. The van der Waals surface area contributed by atoms with Crippen LogP contribution in [0, 0.1) is 11.3 Å². The highest BCUT2D eigenvalue weighted by atomic mass is 16.2. The topological polar surface area (TPSA) is 56.1 Å². The number of carbonyl (C=O) groups excluding carboxylic acids is 1. The van der Waals surface area contributed by atoms with Crippen LogP contribution < -0.4 is 5.32 Å². The zero-order chi connectivity index (χ0) is 13.7. The van der Waals surface area contributed by atoms with Gasteiger partial charge in [-0.2, -0.15) is 5.26 Å². The molecular weight excluding hydrogens is 238 g/mol. The summed E-state index contributed by atoms with van der Waals surface area (Å²) in [7, 11) is 0. The van der Waals surface area contributed by atoms with E-state index in [9.17, 15) is 4.79 Å². The van der Waals surface area contributed by atoms with Gasteiger partial charge in [0.1, 0.15) is 6.04 Å². The van der Waals surface area contributed by atoms with Gasteiger partial charge in [-0.3, -0.25) is 9.69 Å². The molecule has 0 aromatic heterocycles. The second-order valence-electron chi connectivity index (χ2n) is 5.02. The van der Waals surface area contributed by atoms with Crippen LogP contribution in [-0.2, 0) is 11.2 Å². The molecule has 1 amide bonds. The summed E-state index contributed by atoms with van der Waals surface area (Å²) in [5, 5.41) is 11.8. The highest BCUT2D eigenvalue weighted by molar-refractivity contribution is 5.83. The number of benzene rings is 1. The van der Waals surface area contributed by atoms with Crippen molar-refractivity contribution in [2.45, 2.75) is 31.8 Å². The van der Waals surface area contributed by atoms with E-state index in [0.29, 0.717) is 0 Å². The molecule has 1 aliphatic heterocycles. The Bertz CT molecular complexity index is 466. The summed E-state index contributed by atoms with van der Waals surface area (Å²) >= 11 is 0. The average Bonchev–Trinajstić information content (AvgIpc) is 2.41. The van der Waals surface area contributed by atoms with Crippen molar-refractivity contribution in [1.82, 2.24) is 10.2 Å². The van der Waals surface area contributed by atoms with Crippen molar-refractivity contribution >= 4 is 5.91 Å². The molecule has 1 heterocycles. The molecule has 0 saturated carbocycles. The fourth-order valence-corrected chi connectivity index (χ4v) is 2.50. The van der Waals surface area contributed by atoms with E-state index in [4.69, 9.17) is 5.26 Å². The first-order valence-electron chi connectivity index (χ1n) is 6.66. The van der Waals surface area contributed by atoms with E-state index in [1.54, 1.807) is 0 Å². The van der Waals surface area contributed by atoms with Gasteiger partial charge in [-0.05, 0) is 18.9 Å². The van der Waals surface area contributed by atoms with Crippen molar-refractivity contribution in [1.29, 1.82) is 5.26 Å². The summed E-state index contributed by atoms with van der Waals surface area (Å²) < 4.78 is 0. The largest absolute Gasteiger partial charge is 0.351 e. The average molecular weight is 257 g/mol. The van der Waals surface area contributed by atoms with E-state index in [0.717, 1.165) is 19.5 Å². The summed E-state index contributed by atoms with van der Waals surface area (Å²) in [4.78, 5) is 14.0. The van der Waals surface area contributed by atoms with E-state index in [1.807, 2.05) is 25.1 Å². The van der Waals surface area contributed by atoms with Crippen molar-refractivity contribution in [3.05, 3.63) is 35.9 Å². The highest BCUT2D eigenvalue weighted by Crippen LogP contribution is 2.12. The molecular formula is C15H19N3O. The van der Waals surface area contributed by atoms with Crippen LogP contribution in [0.5, 0.6) is 0 Å². The van der Waals surface area contributed by atoms with Crippen molar-refractivity contribution in [3.8, 4) is 6.07 Å². The molecule has 1 N–H and O–H groups in total. The third-order valence-corrected chi connectivity index (χ3v) is 3.46. The number of nitrogens with zero attached hydrogens (tertiary/aromatic N) is 2. The smallest absolute Gasteiger partial charge is 0.238 e. The van der Waals surface area contributed by atoms with Gasteiger partial charge in [0.05, 0.1) is 12.5 Å². The van der Waals surface area contributed by atoms with Gasteiger partial charge < -0.3 is 5.32 Å². The first-order valence-corrected chi connectivity index (χ1v) is 6.66. The SMILES string of the molecule is CC1CN(CCc2ccccc2)C(CC#N)C(=O)N1. The fraction of sp³-hybridized carbons (Fsp3) is 0.467.